The Morgan fingerprint density at radius 2 is 1.81 bits per heavy atom. The van der Waals surface area contributed by atoms with E-state index in [4.69, 9.17) is 10.2 Å². The maximum absolute atomic E-state index is 5.98. The van der Waals surface area contributed by atoms with Crippen molar-refractivity contribution in [3.63, 3.8) is 0 Å². The quantitative estimate of drug-likeness (QED) is 0.911. The third-order valence-electron chi connectivity index (χ3n) is 4.21. The molecule has 4 heteroatoms. The zero-order valence-electron chi connectivity index (χ0n) is 12.1. The smallest absolute Gasteiger partial charge is 0.134 e. The summed E-state index contributed by atoms with van der Waals surface area (Å²) in [6, 6.07) is 12.4. The molecule has 0 atom stereocenters. The molecule has 0 spiro atoms. The van der Waals surface area contributed by atoms with Gasteiger partial charge in [-0.05, 0) is 62.7 Å². The van der Waals surface area contributed by atoms with Gasteiger partial charge in [-0.2, -0.15) is 0 Å². The minimum atomic E-state index is 0.705. The second-order valence-corrected chi connectivity index (χ2v) is 6.64. The average Bonchev–Trinajstić information content (AvgIpc) is 2.97. The van der Waals surface area contributed by atoms with E-state index >= 15 is 0 Å². The van der Waals surface area contributed by atoms with E-state index in [-0.39, 0.29) is 0 Å². The molecule has 0 bridgehead atoms. The lowest BCUT2D eigenvalue weighted by atomic mass is 9.97. The normalized spacial score (nSPS) is 17.2. The Bertz CT molecular complexity index is 571. The van der Waals surface area contributed by atoms with Gasteiger partial charge in [0.25, 0.3) is 0 Å². The van der Waals surface area contributed by atoms with Gasteiger partial charge in [-0.3, -0.25) is 4.90 Å². The zero-order chi connectivity index (χ0) is 14.7. The minimum Gasteiger partial charge on any atom is -0.460 e. The number of furan rings is 1. The molecule has 2 heterocycles. The number of rotatable bonds is 4. The first-order chi connectivity index (χ1) is 10.2. The van der Waals surface area contributed by atoms with E-state index in [1.54, 1.807) is 0 Å². The zero-order valence-corrected chi connectivity index (χ0v) is 13.7. The van der Waals surface area contributed by atoms with Crippen molar-refractivity contribution >= 4 is 15.9 Å². The van der Waals surface area contributed by atoms with Crippen molar-refractivity contribution in [2.45, 2.75) is 19.4 Å². The summed E-state index contributed by atoms with van der Waals surface area (Å²) in [5.74, 6) is 2.68. The van der Waals surface area contributed by atoms with Crippen LogP contribution in [0.3, 0.4) is 0 Å². The molecule has 3 nitrogen and oxygen atoms in total. The van der Waals surface area contributed by atoms with E-state index in [0.717, 1.165) is 47.7 Å². The van der Waals surface area contributed by atoms with Crippen molar-refractivity contribution < 1.29 is 4.42 Å². The highest BCUT2D eigenvalue weighted by Gasteiger charge is 2.19. The summed E-state index contributed by atoms with van der Waals surface area (Å²) in [6.45, 7) is 3.96. The Kier molecular flexibility index (Phi) is 4.78. The van der Waals surface area contributed by atoms with Crippen molar-refractivity contribution in [3.05, 3.63) is 46.6 Å². The second-order valence-electron chi connectivity index (χ2n) is 5.73. The molecule has 0 unspecified atom stereocenters. The second kappa shape index (κ2) is 6.77. The third kappa shape index (κ3) is 3.76. The first kappa shape index (κ1) is 14.8. The molecule has 1 aliphatic heterocycles. The highest BCUT2D eigenvalue weighted by Crippen LogP contribution is 2.25. The Hall–Kier alpha value is -1.10. The van der Waals surface area contributed by atoms with Gasteiger partial charge < -0.3 is 10.2 Å². The lowest BCUT2D eigenvalue weighted by Crippen LogP contribution is -2.35. The summed E-state index contributed by atoms with van der Waals surface area (Å²) in [4.78, 5) is 2.45. The van der Waals surface area contributed by atoms with Crippen LogP contribution < -0.4 is 5.73 Å². The van der Waals surface area contributed by atoms with E-state index in [1.165, 1.54) is 12.8 Å². The number of likely N-dealkylation sites (tertiary alicyclic amines) is 1. The third-order valence-corrected chi connectivity index (χ3v) is 4.74. The number of nitrogens with two attached hydrogens (primary N) is 1. The van der Waals surface area contributed by atoms with Crippen molar-refractivity contribution in [2.24, 2.45) is 11.7 Å². The van der Waals surface area contributed by atoms with Gasteiger partial charge in [0.1, 0.15) is 11.5 Å². The fraction of sp³-hybridized carbons (Fsp3) is 0.412. The molecule has 2 aromatic rings. The highest BCUT2D eigenvalue weighted by molar-refractivity contribution is 9.10. The molecule has 0 aliphatic carbocycles. The highest BCUT2D eigenvalue weighted by atomic mass is 79.9. The Balaban J connectivity index is 1.62. The predicted molar refractivity (Wildman–Crippen MR) is 88.9 cm³/mol. The molecule has 1 aromatic heterocycles. The van der Waals surface area contributed by atoms with E-state index < -0.39 is 0 Å². The molecule has 0 amide bonds. The summed E-state index contributed by atoms with van der Waals surface area (Å²) >= 11 is 3.45. The summed E-state index contributed by atoms with van der Waals surface area (Å²) < 4.78 is 7.07. The van der Waals surface area contributed by atoms with Gasteiger partial charge in [0, 0.05) is 10.0 Å². The van der Waals surface area contributed by atoms with Crippen LogP contribution in [-0.2, 0) is 6.54 Å². The van der Waals surface area contributed by atoms with Gasteiger partial charge in [0.05, 0.1) is 6.54 Å². The van der Waals surface area contributed by atoms with Gasteiger partial charge in [-0.1, -0.05) is 28.1 Å². The van der Waals surface area contributed by atoms with Gasteiger partial charge in [-0.15, -0.1) is 0 Å². The number of hydrogen-bond donors (Lipinski definition) is 1. The molecule has 1 saturated heterocycles. The van der Waals surface area contributed by atoms with Gasteiger partial charge in [0.15, 0.2) is 0 Å². The number of nitrogens with zero attached hydrogens (tertiary/aromatic N) is 1. The van der Waals surface area contributed by atoms with Crippen LogP contribution in [0.2, 0.25) is 0 Å². The molecule has 1 aliphatic rings. The standard InChI is InChI=1S/C17H21BrN2O/c18-15-3-1-14(2-4-15)17-6-5-16(21-17)12-20-9-7-13(11-19)8-10-20/h1-6,13H,7-12,19H2. The Morgan fingerprint density at radius 1 is 1.10 bits per heavy atom. The number of hydrogen-bond acceptors (Lipinski definition) is 3. The largest absolute Gasteiger partial charge is 0.460 e. The first-order valence-corrected chi connectivity index (χ1v) is 8.31. The van der Waals surface area contributed by atoms with E-state index in [9.17, 15) is 0 Å². The van der Waals surface area contributed by atoms with Crippen LogP contribution in [0, 0.1) is 5.92 Å². The number of benzene rings is 1. The van der Waals surface area contributed by atoms with Crippen molar-refractivity contribution in [2.75, 3.05) is 19.6 Å². The van der Waals surface area contributed by atoms with Gasteiger partial charge in [0.2, 0.25) is 0 Å². The lowest BCUT2D eigenvalue weighted by Gasteiger charge is -2.30. The fourth-order valence-corrected chi connectivity index (χ4v) is 3.10. The summed E-state index contributed by atoms with van der Waals surface area (Å²) in [5.41, 5.74) is 6.86. The first-order valence-electron chi connectivity index (χ1n) is 7.51. The predicted octanol–water partition coefficient (Wildman–Crippen LogP) is 3.88. The SMILES string of the molecule is NCC1CCN(Cc2ccc(-c3ccc(Br)cc3)o2)CC1. The Morgan fingerprint density at radius 3 is 2.48 bits per heavy atom. The number of piperidine rings is 1. The molecule has 0 saturated carbocycles. The molecule has 0 radical (unpaired) electrons. The summed E-state index contributed by atoms with van der Waals surface area (Å²) in [6.07, 6.45) is 2.41. The van der Waals surface area contributed by atoms with E-state index in [0.29, 0.717) is 5.92 Å². The van der Waals surface area contributed by atoms with E-state index in [1.807, 2.05) is 12.1 Å². The maximum atomic E-state index is 5.98. The molecule has 1 fully saturated rings. The van der Waals surface area contributed by atoms with Crippen LogP contribution in [0.4, 0.5) is 0 Å². The van der Waals surface area contributed by atoms with Crippen LogP contribution in [0.5, 0.6) is 0 Å². The molecule has 3 rings (SSSR count). The van der Waals surface area contributed by atoms with Crippen LogP contribution in [0.25, 0.3) is 11.3 Å². The number of halogens is 1. The minimum absolute atomic E-state index is 0.705. The van der Waals surface area contributed by atoms with Crippen LogP contribution >= 0.6 is 15.9 Å². The van der Waals surface area contributed by atoms with Crippen LogP contribution in [0.1, 0.15) is 18.6 Å². The van der Waals surface area contributed by atoms with Crippen LogP contribution in [0.15, 0.2) is 45.3 Å². The molecule has 2 N–H and O–H groups in total. The Labute approximate surface area is 134 Å². The van der Waals surface area contributed by atoms with Gasteiger partial charge in [-0.25, -0.2) is 0 Å². The molecule has 112 valence electrons. The molecule has 1 aromatic carbocycles. The average molecular weight is 349 g/mol. The maximum Gasteiger partial charge on any atom is 0.134 e. The fourth-order valence-electron chi connectivity index (χ4n) is 2.83. The van der Waals surface area contributed by atoms with E-state index in [2.05, 4.69) is 45.1 Å². The molecule has 21 heavy (non-hydrogen) atoms. The van der Waals surface area contributed by atoms with Crippen molar-refractivity contribution in [1.29, 1.82) is 0 Å². The van der Waals surface area contributed by atoms with Gasteiger partial charge >= 0.3 is 0 Å². The van der Waals surface area contributed by atoms with Crippen LogP contribution in [-0.4, -0.2) is 24.5 Å². The van der Waals surface area contributed by atoms with Crippen molar-refractivity contribution in [1.82, 2.24) is 4.90 Å². The lowest BCUT2D eigenvalue weighted by molar-refractivity contribution is 0.170. The molecular weight excluding hydrogens is 328 g/mol. The summed E-state index contributed by atoms with van der Waals surface area (Å²) in [5, 5.41) is 0. The monoisotopic (exact) mass is 348 g/mol. The molecular formula is C17H21BrN2O. The topological polar surface area (TPSA) is 42.4 Å². The summed E-state index contributed by atoms with van der Waals surface area (Å²) in [7, 11) is 0. The van der Waals surface area contributed by atoms with Crippen molar-refractivity contribution in [3.8, 4) is 11.3 Å².